The van der Waals surface area contributed by atoms with Gasteiger partial charge in [0.05, 0.1) is 5.52 Å². The third-order valence-electron chi connectivity index (χ3n) is 7.32. The molecule has 7 nitrogen and oxygen atoms in total. The summed E-state index contributed by atoms with van der Waals surface area (Å²) in [6.45, 7) is 4.56. The van der Waals surface area contributed by atoms with Gasteiger partial charge in [0.2, 0.25) is 5.95 Å². The molecule has 31 heavy (non-hydrogen) atoms. The van der Waals surface area contributed by atoms with E-state index in [-0.39, 0.29) is 5.56 Å². The van der Waals surface area contributed by atoms with Crippen molar-refractivity contribution in [3.63, 3.8) is 0 Å². The van der Waals surface area contributed by atoms with Crippen LogP contribution in [0.1, 0.15) is 37.2 Å². The van der Waals surface area contributed by atoms with Gasteiger partial charge in [-0.2, -0.15) is 0 Å². The number of hydrogen-bond donors (Lipinski definition) is 3. The number of benzene rings is 1. The highest BCUT2D eigenvalue weighted by Gasteiger charge is 2.36. The number of fused-ring (bicyclic) bond motifs is 2. The lowest BCUT2D eigenvalue weighted by Gasteiger charge is -2.20. The van der Waals surface area contributed by atoms with Crippen LogP contribution in [0.15, 0.2) is 41.5 Å². The molecule has 3 N–H and O–H groups in total. The predicted octanol–water partition coefficient (Wildman–Crippen LogP) is 3.37. The molecular weight excluding hydrogens is 388 g/mol. The smallest absolute Gasteiger partial charge is 0.253 e. The lowest BCUT2D eigenvalue weighted by molar-refractivity contribution is 0.533. The molecule has 3 fully saturated rings. The van der Waals surface area contributed by atoms with Gasteiger partial charge in [-0.25, -0.2) is 9.97 Å². The van der Waals surface area contributed by atoms with Crippen molar-refractivity contribution in [2.24, 2.45) is 11.8 Å². The Morgan fingerprint density at radius 2 is 1.77 bits per heavy atom. The molecule has 1 saturated carbocycles. The normalized spacial score (nSPS) is 23.5. The largest absolute Gasteiger partial charge is 0.371 e. The first-order valence-corrected chi connectivity index (χ1v) is 11.5. The van der Waals surface area contributed by atoms with Gasteiger partial charge in [-0.1, -0.05) is 12.8 Å². The first kappa shape index (κ1) is 18.8. The number of aromatic nitrogens is 3. The van der Waals surface area contributed by atoms with E-state index in [4.69, 9.17) is 4.98 Å². The molecule has 7 heteroatoms. The Labute approximate surface area is 181 Å². The lowest BCUT2D eigenvalue weighted by atomic mass is 9.97. The monoisotopic (exact) mass is 416 g/mol. The molecule has 0 radical (unpaired) electrons. The number of pyridine rings is 1. The van der Waals surface area contributed by atoms with Gasteiger partial charge in [0.15, 0.2) is 0 Å². The summed E-state index contributed by atoms with van der Waals surface area (Å²) < 4.78 is 0. The lowest BCUT2D eigenvalue weighted by Crippen LogP contribution is -2.25. The van der Waals surface area contributed by atoms with E-state index in [2.05, 4.69) is 49.8 Å². The zero-order chi connectivity index (χ0) is 20.8. The topological polar surface area (TPSA) is 85.9 Å². The van der Waals surface area contributed by atoms with Crippen LogP contribution < -0.4 is 21.1 Å². The summed E-state index contributed by atoms with van der Waals surface area (Å²) in [5.74, 6) is 2.39. The van der Waals surface area contributed by atoms with Crippen LogP contribution >= 0.6 is 0 Å². The zero-order valence-electron chi connectivity index (χ0n) is 17.6. The molecule has 2 aliphatic heterocycles. The van der Waals surface area contributed by atoms with Crippen molar-refractivity contribution in [1.29, 1.82) is 0 Å². The Morgan fingerprint density at radius 3 is 2.52 bits per heavy atom. The third-order valence-corrected chi connectivity index (χ3v) is 7.32. The number of nitrogens with one attached hydrogen (secondary N) is 3. The highest BCUT2D eigenvalue weighted by Crippen LogP contribution is 2.35. The molecule has 0 spiro atoms. The highest BCUT2D eigenvalue weighted by atomic mass is 16.1. The molecule has 0 amide bonds. The fourth-order valence-corrected chi connectivity index (χ4v) is 5.65. The number of H-pyrrole nitrogens is 1. The Kier molecular flexibility index (Phi) is 4.64. The van der Waals surface area contributed by atoms with Crippen LogP contribution in [0, 0.1) is 11.8 Å². The van der Waals surface area contributed by atoms with Crippen molar-refractivity contribution in [2.45, 2.75) is 31.6 Å². The summed E-state index contributed by atoms with van der Waals surface area (Å²) in [5.41, 5.74) is 3.82. The second-order valence-electron chi connectivity index (χ2n) is 9.27. The molecule has 2 saturated heterocycles. The van der Waals surface area contributed by atoms with Gasteiger partial charge in [0.25, 0.3) is 5.56 Å². The van der Waals surface area contributed by atoms with E-state index in [0.717, 1.165) is 73.0 Å². The first-order valence-electron chi connectivity index (χ1n) is 11.5. The molecule has 160 valence electrons. The van der Waals surface area contributed by atoms with Crippen LogP contribution in [0.2, 0.25) is 0 Å². The minimum Gasteiger partial charge on any atom is -0.371 e. The molecule has 2 unspecified atom stereocenters. The van der Waals surface area contributed by atoms with Crippen LogP contribution in [0.5, 0.6) is 0 Å². The summed E-state index contributed by atoms with van der Waals surface area (Å²) in [6, 6.07) is 8.52. The second kappa shape index (κ2) is 7.64. The molecule has 1 aromatic carbocycles. The van der Waals surface area contributed by atoms with Crippen LogP contribution in [-0.2, 0) is 0 Å². The second-order valence-corrected chi connectivity index (χ2v) is 9.27. The predicted molar refractivity (Wildman–Crippen MR) is 123 cm³/mol. The maximum Gasteiger partial charge on any atom is 0.253 e. The maximum atomic E-state index is 12.6. The van der Waals surface area contributed by atoms with Crippen molar-refractivity contribution >= 4 is 28.2 Å². The zero-order valence-corrected chi connectivity index (χ0v) is 17.6. The van der Waals surface area contributed by atoms with Crippen LogP contribution in [0.4, 0.5) is 17.3 Å². The number of aromatic amines is 1. The van der Waals surface area contributed by atoms with Gasteiger partial charge in [0, 0.05) is 60.9 Å². The Hall–Kier alpha value is -2.93. The van der Waals surface area contributed by atoms with E-state index in [1.165, 1.54) is 18.5 Å². The summed E-state index contributed by atoms with van der Waals surface area (Å²) in [5, 5.41) is 7.71. The van der Waals surface area contributed by atoms with E-state index < -0.39 is 0 Å². The van der Waals surface area contributed by atoms with Gasteiger partial charge >= 0.3 is 0 Å². The average Bonchev–Trinajstić information content (AvgIpc) is 3.52. The van der Waals surface area contributed by atoms with E-state index in [9.17, 15) is 4.79 Å². The fraction of sp³-hybridized carbons (Fsp3) is 0.458. The van der Waals surface area contributed by atoms with E-state index >= 15 is 0 Å². The number of nitrogens with zero attached hydrogens (tertiary/aromatic N) is 3. The van der Waals surface area contributed by atoms with Crippen LogP contribution in [0.3, 0.4) is 0 Å². The van der Waals surface area contributed by atoms with Crippen molar-refractivity contribution in [3.05, 3.63) is 52.6 Å². The Bertz CT molecular complexity index is 1140. The number of hydrogen-bond acceptors (Lipinski definition) is 6. The van der Waals surface area contributed by atoms with E-state index in [0.29, 0.717) is 11.9 Å². The van der Waals surface area contributed by atoms with Gasteiger partial charge in [-0.05, 0) is 54.9 Å². The standard InChI is InChI=1S/C24H28N6O/c31-23-21(15-3-1-2-4-15)22-16(11-26-23)12-27-24(29-22)28-19-5-7-20(8-6-19)30-13-17-9-25-10-18(17)14-30/h5-8,11-12,15,17-18,25H,1-4,9-10,13-14H2,(H,26,31)(H,27,28,29). The molecule has 4 heterocycles. The highest BCUT2D eigenvalue weighted by molar-refractivity contribution is 5.81. The molecule has 1 aliphatic carbocycles. The number of rotatable bonds is 4. The summed E-state index contributed by atoms with van der Waals surface area (Å²) in [7, 11) is 0. The number of anilines is 3. The molecule has 3 aliphatic rings. The van der Waals surface area contributed by atoms with Gasteiger partial charge in [-0.3, -0.25) is 4.79 Å². The van der Waals surface area contributed by atoms with Gasteiger partial charge < -0.3 is 20.5 Å². The molecule has 2 atom stereocenters. The summed E-state index contributed by atoms with van der Waals surface area (Å²) in [4.78, 5) is 27.2. The van der Waals surface area contributed by atoms with Crippen LogP contribution in [0.25, 0.3) is 10.9 Å². The molecule has 3 aromatic rings. The summed E-state index contributed by atoms with van der Waals surface area (Å²) in [6.07, 6.45) is 7.99. The third kappa shape index (κ3) is 3.47. The quantitative estimate of drug-likeness (QED) is 0.605. The first-order chi connectivity index (χ1) is 15.2. The molecule has 6 rings (SSSR count). The minimum atomic E-state index is -0.0148. The average molecular weight is 417 g/mol. The fourth-order valence-electron chi connectivity index (χ4n) is 5.65. The molecule has 2 aromatic heterocycles. The minimum absolute atomic E-state index is 0.0148. The van der Waals surface area contributed by atoms with E-state index in [1.54, 1.807) is 12.4 Å². The maximum absolute atomic E-state index is 12.6. The van der Waals surface area contributed by atoms with Gasteiger partial charge in [0.1, 0.15) is 0 Å². The Balaban J connectivity index is 1.24. The van der Waals surface area contributed by atoms with Gasteiger partial charge in [-0.15, -0.1) is 0 Å². The Morgan fingerprint density at radius 1 is 1.03 bits per heavy atom. The SMILES string of the molecule is O=c1[nH]cc2cnc(Nc3ccc(N4CC5CNCC5C4)cc3)nc2c1C1CCCC1. The molecular formula is C24H28N6O. The van der Waals surface area contributed by atoms with E-state index in [1.807, 2.05) is 0 Å². The molecule has 0 bridgehead atoms. The summed E-state index contributed by atoms with van der Waals surface area (Å²) >= 11 is 0. The van der Waals surface area contributed by atoms with Crippen LogP contribution in [-0.4, -0.2) is 41.1 Å². The van der Waals surface area contributed by atoms with Crippen molar-refractivity contribution in [2.75, 3.05) is 36.4 Å². The van der Waals surface area contributed by atoms with Crippen molar-refractivity contribution in [3.8, 4) is 0 Å². The van der Waals surface area contributed by atoms with Crippen molar-refractivity contribution < 1.29 is 0 Å². The van der Waals surface area contributed by atoms with Crippen molar-refractivity contribution in [1.82, 2.24) is 20.3 Å².